The lowest BCUT2D eigenvalue weighted by Crippen LogP contribution is -2.48. The van der Waals surface area contributed by atoms with Gasteiger partial charge in [-0.1, -0.05) is 12.1 Å². The molecule has 1 saturated heterocycles. The molecule has 24 heavy (non-hydrogen) atoms. The third-order valence-corrected chi connectivity index (χ3v) is 4.24. The second-order valence-electron chi connectivity index (χ2n) is 6.15. The van der Waals surface area contributed by atoms with E-state index in [9.17, 15) is 9.59 Å². The minimum Gasteiger partial charge on any atom is -0.469 e. The fourth-order valence-corrected chi connectivity index (χ4v) is 2.68. The Morgan fingerprint density at radius 2 is 1.83 bits per heavy atom. The van der Waals surface area contributed by atoms with Gasteiger partial charge in [0.05, 0.1) is 26.1 Å². The highest BCUT2D eigenvalue weighted by atomic mass is 16.5. The van der Waals surface area contributed by atoms with Crippen molar-refractivity contribution in [3.63, 3.8) is 0 Å². The van der Waals surface area contributed by atoms with Gasteiger partial charge in [0.2, 0.25) is 5.91 Å². The maximum atomic E-state index is 12.4. The summed E-state index contributed by atoms with van der Waals surface area (Å²) >= 11 is 0. The zero-order valence-corrected chi connectivity index (χ0v) is 14.3. The van der Waals surface area contributed by atoms with Crippen LogP contribution in [0.5, 0.6) is 0 Å². The molecule has 132 valence electrons. The van der Waals surface area contributed by atoms with Crippen LogP contribution in [0.4, 0.5) is 5.69 Å². The van der Waals surface area contributed by atoms with Crippen LogP contribution < -0.4 is 11.1 Å². The molecular formula is C17H26N4O3. The number of nitrogens with two attached hydrogens (primary N) is 1. The van der Waals surface area contributed by atoms with E-state index in [1.165, 1.54) is 7.11 Å². The first-order valence-corrected chi connectivity index (χ1v) is 8.10. The van der Waals surface area contributed by atoms with Crippen molar-refractivity contribution in [2.24, 2.45) is 0 Å². The molecule has 1 amide bonds. The van der Waals surface area contributed by atoms with Crippen LogP contribution >= 0.6 is 0 Å². The molecule has 1 aliphatic rings. The number of piperazine rings is 1. The number of anilines is 1. The Morgan fingerprint density at radius 3 is 2.42 bits per heavy atom. The second-order valence-corrected chi connectivity index (χ2v) is 6.15. The number of carbonyl (C=O) groups is 2. The zero-order chi connectivity index (χ0) is 17.5. The molecule has 3 N–H and O–H groups in total. The van der Waals surface area contributed by atoms with Gasteiger partial charge in [0.25, 0.3) is 0 Å². The van der Waals surface area contributed by atoms with Gasteiger partial charge in [-0.3, -0.25) is 14.5 Å². The van der Waals surface area contributed by atoms with Crippen molar-refractivity contribution in [2.45, 2.75) is 12.5 Å². The quantitative estimate of drug-likeness (QED) is 0.572. The van der Waals surface area contributed by atoms with Gasteiger partial charge in [0.1, 0.15) is 0 Å². The number of nitrogens with one attached hydrogen (secondary N) is 1. The number of carbonyl (C=O) groups excluding carboxylic acids is 2. The highest BCUT2D eigenvalue weighted by Gasteiger charge is 2.21. The Labute approximate surface area is 142 Å². The molecule has 1 fully saturated rings. The van der Waals surface area contributed by atoms with E-state index in [1.807, 2.05) is 12.1 Å². The molecule has 1 aliphatic heterocycles. The van der Waals surface area contributed by atoms with E-state index in [-0.39, 0.29) is 18.3 Å². The lowest BCUT2D eigenvalue weighted by molar-refractivity contribution is -0.141. The second kappa shape index (κ2) is 8.65. The topological polar surface area (TPSA) is 87.9 Å². The van der Waals surface area contributed by atoms with Gasteiger partial charge in [-0.15, -0.1) is 0 Å². The Hall–Kier alpha value is -2.12. The van der Waals surface area contributed by atoms with E-state index in [0.717, 1.165) is 31.7 Å². The van der Waals surface area contributed by atoms with Gasteiger partial charge in [-0.2, -0.15) is 0 Å². The first kappa shape index (κ1) is 18.2. The Morgan fingerprint density at radius 1 is 1.21 bits per heavy atom. The van der Waals surface area contributed by atoms with Gasteiger partial charge in [0, 0.05) is 31.9 Å². The van der Waals surface area contributed by atoms with Crippen LogP contribution in [-0.2, 0) is 14.3 Å². The van der Waals surface area contributed by atoms with Crippen LogP contribution in [0.25, 0.3) is 0 Å². The van der Waals surface area contributed by atoms with E-state index >= 15 is 0 Å². The summed E-state index contributed by atoms with van der Waals surface area (Å²) in [6, 6.07) is 6.73. The SMILES string of the molecule is COC(=O)C[C@@H](NC(=O)CN1CCN(C)CC1)c1ccc(N)cc1. The number of ether oxygens (including phenoxy) is 1. The van der Waals surface area contributed by atoms with E-state index in [0.29, 0.717) is 12.2 Å². The predicted molar refractivity (Wildman–Crippen MR) is 92.3 cm³/mol. The molecular weight excluding hydrogens is 308 g/mol. The molecule has 1 aromatic carbocycles. The van der Waals surface area contributed by atoms with E-state index in [1.54, 1.807) is 12.1 Å². The summed E-state index contributed by atoms with van der Waals surface area (Å²) in [6.07, 6.45) is 0.0922. The van der Waals surface area contributed by atoms with E-state index in [4.69, 9.17) is 10.5 Å². The molecule has 7 heteroatoms. The van der Waals surface area contributed by atoms with Gasteiger partial charge in [-0.25, -0.2) is 0 Å². The van der Waals surface area contributed by atoms with Crippen molar-refractivity contribution in [3.05, 3.63) is 29.8 Å². The maximum absolute atomic E-state index is 12.4. The Bertz CT molecular complexity index is 553. The van der Waals surface area contributed by atoms with Crippen molar-refractivity contribution in [1.82, 2.24) is 15.1 Å². The van der Waals surface area contributed by atoms with Crippen molar-refractivity contribution < 1.29 is 14.3 Å². The van der Waals surface area contributed by atoms with Crippen LogP contribution in [0.1, 0.15) is 18.0 Å². The maximum Gasteiger partial charge on any atom is 0.307 e. The number of amides is 1. The highest BCUT2D eigenvalue weighted by Crippen LogP contribution is 2.19. The third-order valence-electron chi connectivity index (χ3n) is 4.24. The minimum absolute atomic E-state index is 0.0922. The van der Waals surface area contributed by atoms with Crippen molar-refractivity contribution in [3.8, 4) is 0 Å². The van der Waals surface area contributed by atoms with E-state index in [2.05, 4.69) is 22.2 Å². The molecule has 0 spiro atoms. The lowest BCUT2D eigenvalue weighted by atomic mass is 10.0. The molecule has 1 heterocycles. The summed E-state index contributed by atoms with van der Waals surface area (Å²) in [7, 11) is 3.42. The number of nitrogens with zero attached hydrogens (tertiary/aromatic N) is 2. The van der Waals surface area contributed by atoms with Gasteiger partial charge in [0.15, 0.2) is 0 Å². The first-order valence-electron chi connectivity index (χ1n) is 8.10. The molecule has 0 aromatic heterocycles. The molecule has 7 nitrogen and oxygen atoms in total. The largest absolute Gasteiger partial charge is 0.469 e. The molecule has 1 atom stereocenters. The number of hydrogen-bond donors (Lipinski definition) is 2. The normalized spacial score (nSPS) is 17.2. The summed E-state index contributed by atoms with van der Waals surface area (Å²) < 4.78 is 4.74. The highest BCUT2D eigenvalue weighted by molar-refractivity contribution is 5.79. The number of rotatable bonds is 6. The Kier molecular flexibility index (Phi) is 6.57. The third kappa shape index (κ3) is 5.50. The zero-order valence-electron chi connectivity index (χ0n) is 14.3. The van der Waals surface area contributed by atoms with Crippen LogP contribution in [0.2, 0.25) is 0 Å². The lowest BCUT2D eigenvalue weighted by Gasteiger charge is -2.32. The summed E-state index contributed by atoms with van der Waals surface area (Å²) in [5, 5.41) is 2.94. The van der Waals surface area contributed by atoms with Crippen LogP contribution in [0.3, 0.4) is 0 Å². The summed E-state index contributed by atoms with van der Waals surface area (Å²) in [6.45, 7) is 3.98. The summed E-state index contributed by atoms with van der Waals surface area (Å²) in [5.74, 6) is -0.456. The standard InChI is InChI=1S/C17H26N4O3/c1-20-7-9-21(10-8-20)12-16(22)19-15(11-17(23)24-2)13-3-5-14(18)6-4-13/h3-6,15H,7-12,18H2,1-2H3,(H,19,22)/t15-/m1/s1. The van der Waals surface area contributed by atoms with Gasteiger partial charge in [-0.05, 0) is 24.7 Å². The number of nitrogen functional groups attached to an aromatic ring is 1. The number of likely N-dealkylation sites (N-methyl/N-ethyl adjacent to an activating group) is 1. The molecule has 0 unspecified atom stereocenters. The number of benzene rings is 1. The fraction of sp³-hybridized carbons (Fsp3) is 0.529. The minimum atomic E-state index is -0.419. The number of hydrogen-bond acceptors (Lipinski definition) is 6. The monoisotopic (exact) mass is 334 g/mol. The molecule has 1 aromatic rings. The predicted octanol–water partition coefficient (Wildman–Crippen LogP) is 0.237. The average molecular weight is 334 g/mol. The Balaban J connectivity index is 1.97. The number of methoxy groups -OCH3 is 1. The van der Waals surface area contributed by atoms with Crippen molar-refractivity contribution >= 4 is 17.6 Å². The first-order chi connectivity index (χ1) is 11.5. The summed E-state index contributed by atoms with van der Waals surface area (Å²) in [4.78, 5) is 28.4. The van der Waals surface area contributed by atoms with Crippen LogP contribution in [0.15, 0.2) is 24.3 Å². The molecule has 0 aliphatic carbocycles. The van der Waals surface area contributed by atoms with Gasteiger partial charge >= 0.3 is 5.97 Å². The molecule has 0 saturated carbocycles. The van der Waals surface area contributed by atoms with Gasteiger partial charge < -0.3 is 20.7 Å². The average Bonchev–Trinajstić information content (AvgIpc) is 2.57. The summed E-state index contributed by atoms with van der Waals surface area (Å²) in [5.41, 5.74) is 7.17. The van der Waals surface area contributed by atoms with Crippen LogP contribution in [-0.4, -0.2) is 68.6 Å². The number of esters is 1. The van der Waals surface area contributed by atoms with Crippen molar-refractivity contribution in [1.29, 1.82) is 0 Å². The van der Waals surface area contributed by atoms with E-state index < -0.39 is 6.04 Å². The fourth-order valence-electron chi connectivity index (χ4n) is 2.68. The van der Waals surface area contributed by atoms with Crippen molar-refractivity contribution in [2.75, 3.05) is 52.6 Å². The van der Waals surface area contributed by atoms with Crippen LogP contribution in [0, 0.1) is 0 Å². The smallest absolute Gasteiger partial charge is 0.307 e. The molecule has 0 bridgehead atoms. The molecule has 0 radical (unpaired) electrons. The molecule has 2 rings (SSSR count).